The minimum atomic E-state index is -0.127. The largest absolute Gasteiger partial charge is 0.459 e. The van der Waals surface area contributed by atoms with E-state index in [4.69, 9.17) is 13.9 Å². The maximum absolute atomic E-state index is 12.2. The molecule has 0 aromatic carbocycles. The lowest BCUT2D eigenvalue weighted by atomic mass is 10.1. The van der Waals surface area contributed by atoms with E-state index in [9.17, 15) is 9.59 Å². The molecule has 1 atom stereocenters. The van der Waals surface area contributed by atoms with E-state index >= 15 is 0 Å². The Morgan fingerprint density at radius 3 is 2.62 bits per heavy atom. The van der Waals surface area contributed by atoms with Crippen LogP contribution in [0.1, 0.15) is 29.8 Å². The van der Waals surface area contributed by atoms with Gasteiger partial charge in [-0.1, -0.05) is 0 Å². The van der Waals surface area contributed by atoms with Crippen molar-refractivity contribution >= 4 is 11.8 Å². The van der Waals surface area contributed by atoms with E-state index in [1.807, 2.05) is 0 Å². The molecule has 3 rings (SSSR count). The van der Waals surface area contributed by atoms with Crippen LogP contribution in [-0.2, 0) is 14.3 Å². The zero-order valence-corrected chi connectivity index (χ0v) is 13.8. The molecule has 7 heteroatoms. The van der Waals surface area contributed by atoms with Gasteiger partial charge in [0.2, 0.25) is 5.91 Å². The Morgan fingerprint density at radius 1 is 1.17 bits per heavy atom. The van der Waals surface area contributed by atoms with E-state index in [0.717, 1.165) is 25.9 Å². The number of carbonyl (C=O) groups excluding carboxylic acids is 2. The quantitative estimate of drug-likeness (QED) is 0.806. The number of furan rings is 1. The van der Waals surface area contributed by atoms with Crippen LogP contribution in [-0.4, -0.2) is 73.7 Å². The molecule has 3 heterocycles. The van der Waals surface area contributed by atoms with Crippen LogP contribution >= 0.6 is 0 Å². The highest BCUT2D eigenvalue weighted by molar-refractivity contribution is 5.91. The van der Waals surface area contributed by atoms with Crippen molar-refractivity contribution in [2.24, 2.45) is 0 Å². The van der Waals surface area contributed by atoms with Crippen molar-refractivity contribution < 1.29 is 23.5 Å². The SMILES string of the molecule is O=C(COC[C@H]1CCCCO1)N1CCN(C(=O)c2ccco2)CC1. The van der Waals surface area contributed by atoms with Crippen molar-refractivity contribution in [2.45, 2.75) is 25.4 Å². The molecule has 0 aliphatic carbocycles. The average Bonchev–Trinajstić information content (AvgIpc) is 3.17. The molecule has 1 aromatic rings. The maximum atomic E-state index is 12.2. The lowest BCUT2D eigenvalue weighted by Crippen LogP contribution is -2.51. The summed E-state index contributed by atoms with van der Waals surface area (Å²) in [5, 5.41) is 0. The zero-order chi connectivity index (χ0) is 16.8. The van der Waals surface area contributed by atoms with Crippen LogP contribution in [0, 0.1) is 0 Å². The van der Waals surface area contributed by atoms with Crippen LogP contribution in [0.4, 0.5) is 0 Å². The molecule has 0 spiro atoms. The molecule has 2 aliphatic rings. The molecule has 2 amide bonds. The van der Waals surface area contributed by atoms with Crippen molar-refractivity contribution in [3.05, 3.63) is 24.2 Å². The number of piperazine rings is 1. The zero-order valence-electron chi connectivity index (χ0n) is 13.8. The standard InChI is InChI=1S/C17H24N2O5/c20-16(13-22-12-14-4-1-2-10-23-14)18-6-8-19(9-7-18)17(21)15-5-3-11-24-15/h3,5,11,14H,1-2,4,6-10,12-13H2/t14-/m1/s1. The van der Waals surface area contributed by atoms with Gasteiger partial charge in [-0.15, -0.1) is 0 Å². The highest BCUT2D eigenvalue weighted by atomic mass is 16.5. The van der Waals surface area contributed by atoms with Crippen LogP contribution in [0.15, 0.2) is 22.8 Å². The van der Waals surface area contributed by atoms with Gasteiger partial charge in [-0.3, -0.25) is 9.59 Å². The molecule has 0 saturated carbocycles. The summed E-state index contributed by atoms with van der Waals surface area (Å²) in [7, 11) is 0. The van der Waals surface area contributed by atoms with Crippen LogP contribution in [0.2, 0.25) is 0 Å². The second kappa shape index (κ2) is 8.30. The molecule has 2 fully saturated rings. The third-order valence-electron chi connectivity index (χ3n) is 4.45. The van der Waals surface area contributed by atoms with Crippen molar-refractivity contribution in [3.8, 4) is 0 Å². The lowest BCUT2D eigenvalue weighted by Gasteiger charge is -2.34. The molecule has 0 unspecified atom stereocenters. The molecular weight excluding hydrogens is 312 g/mol. The predicted molar refractivity (Wildman–Crippen MR) is 85.6 cm³/mol. The predicted octanol–water partition coefficient (Wildman–Crippen LogP) is 1.15. The topological polar surface area (TPSA) is 72.2 Å². The van der Waals surface area contributed by atoms with Crippen molar-refractivity contribution in [3.63, 3.8) is 0 Å². The number of amides is 2. The van der Waals surface area contributed by atoms with Gasteiger partial charge in [0.15, 0.2) is 5.76 Å². The monoisotopic (exact) mass is 336 g/mol. The smallest absolute Gasteiger partial charge is 0.289 e. The second-order valence-electron chi connectivity index (χ2n) is 6.15. The van der Waals surface area contributed by atoms with Gasteiger partial charge >= 0.3 is 0 Å². The highest BCUT2D eigenvalue weighted by Gasteiger charge is 2.26. The molecule has 0 N–H and O–H groups in total. The van der Waals surface area contributed by atoms with Gasteiger partial charge in [0.1, 0.15) is 6.61 Å². The van der Waals surface area contributed by atoms with E-state index in [2.05, 4.69) is 0 Å². The van der Waals surface area contributed by atoms with E-state index in [0.29, 0.717) is 38.5 Å². The Morgan fingerprint density at radius 2 is 1.96 bits per heavy atom. The number of rotatable bonds is 5. The van der Waals surface area contributed by atoms with Crippen molar-refractivity contribution in [1.82, 2.24) is 9.80 Å². The molecule has 0 bridgehead atoms. The Balaban J connectivity index is 1.36. The van der Waals surface area contributed by atoms with Crippen LogP contribution in [0.3, 0.4) is 0 Å². The third kappa shape index (κ3) is 4.36. The molecule has 24 heavy (non-hydrogen) atoms. The molecule has 7 nitrogen and oxygen atoms in total. The summed E-state index contributed by atoms with van der Waals surface area (Å²) in [5.74, 6) is 0.180. The Hall–Kier alpha value is -1.86. The summed E-state index contributed by atoms with van der Waals surface area (Å²) in [4.78, 5) is 27.8. The summed E-state index contributed by atoms with van der Waals surface area (Å²) in [6, 6.07) is 3.35. The fourth-order valence-corrected chi connectivity index (χ4v) is 3.02. The van der Waals surface area contributed by atoms with E-state index in [-0.39, 0.29) is 24.5 Å². The van der Waals surface area contributed by atoms with Crippen molar-refractivity contribution in [1.29, 1.82) is 0 Å². The molecule has 1 aromatic heterocycles. The van der Waals surface area contributed by atoms with E-state index < -0.39 is 0 Å². The number of carbonyl (C=O) groups is 2. The van der Waals surface area contributed by atoms with Gasteiger partial charge in [-0.25, -0.2) is 0 Å². The van der Waals surface area contributed by atoms with Gasteiger partial charge < -0.3 is 23.7 Å². The molecule has 2 aliphatic heterocycles. The Labute approximate surface area is 141 Å². The first-order valence-electron chi connectivity index (χ1n) is 8.54. The summed E-state index contributed by atoms with van der Waals surface area (Å²) in [6.45, 7) is 3.40. The molecular formula is C17H24N2O5. The summed E-state index contributed by atoms with van der Waals surface area (Å²) >= 11 is 0. The minimum Gasteiger partial charge on any atom is -0.459 e. The molecule has 2 saturated heterocycles. The number of nitrogens with zero attached hydrogens (tertiary/aromatic N) is 2. The Bertz CT molecular complexity index is 531. The number of hydrogen-bond acceptors (Lipinski definition) is 5. The second-order valence-corrected chi connectivity index (χ2v) is 6.15. The van der Waals surface area contributed by atoms with Gasteiger partial charge in [0.05, 0.1) is 19.0 Å². The van der Waals surface area contributed by atoms with E-state index in [1.165, 1.54) is 6.26 Å². The summed E-state index contributed by atoms with van der Waals surface area (Å²) < 4.78 is 16.2. The number of hydrogen-bond donors (Lipinski definition) is 0. The van der Waals surface area contributed by atoms with Gasteiger partial charge in [-0.2, -0.15) is 0 Å². The maximum Gasteiger partial charge on any atom is 0.289 e. The number of ether oxygens (including phenoxy) is 2. The van der Waals surface area contributed by atoms with Gasteiger partial charge in [0, 0.05) is 32.8 Å². The fourth-order valence-electron chi connectivity index (χ4n) is 3.02. The van der Waals surface area contributed by atoms with Crippen LogP contribution in [0.25, 0.3) is 0 Å². The van der Waals surface area contributed by atoms with Gasteiger partial charge in [-0.05, 0) is 31.4 Å². The molecule has 0 radical (unpaired) electrons. The highest BCUT2D eigenvalue weighted by Crippen LogP contribution is 2.13. The van der Waals surface area contributed by atoms with Crippen molar-refractivity contribution in [2.75, 3.05) is 46.0 Å². The first-order valence-corrected chi connectivity index (χ1v) is 8.54. The normalized spacial score (nSPS) is 21.8. The van der Waals surface area contributed by atoms with Crippen LogP contribution in [0.5, 0.6) is 0 Å². The average molecular weight is 336 g/mol. The van der Waals surface area contributed by atoms with Gasteiger partial charge in [0.25, 0.3) is 5.91 Å². The molecule has 132 valence electrons. The minimum absolute atomic E-state index is 0.0316. The van der Waals surface area contributed by atoms with Crippen LogP contribution < -0.4 is 0 Å². The summed E-state index contributed by atoms with van der Waals surface area (Å²) in [6.07, 6.45) is 4.88. The lowest BCUT2D eigenvalue weighted by molar-refractivity contribution is -0.139. The first-order chi connectivity index (χ1) is 11.7. The fraction of sp³-hybridized carbons (Fsp3) is 0.647. The third-order valence-corrected chi connectivity index (χ3v) is 4.45. The first kappa shape index (κ1) is 17.0. The Kier molecular flexibility index (Phi) is 5.87. The van der Waals surface area contributed by atoms with E-state index in [1.54, 1.807) is 21.9 Å². The summed E-state index contributed by atoms with van der Waals surface area (Å²) in [5.41, 5.74) is 0.